The Labute approximate surface area is 231 Å². The Hall–Kier alpha value is -3.86. The number of hydrogen-bond donors (Lipinski definition) is 2. The van der Waals surface area contributed by atoms with Crippen molar-refractivity contribution in [3.05, 3.63) is 41.6 Å². The largest absolute Gasteiger partial charge is 0.497 e. The highest BCUT2D eigenvalue weighted by atomic mass is 35.5. The summed E-state index contributed by atoms with van der Waals surface area (Å²) in [5.41, 5.74) is 1.04. The number of hydrogen-bond acceptors (Lipinski definition) is 11. The van der Waals surface area contributed by atoms with E-state index in [1.165, 1.54) is 40.7 Å². The van der Waals surface area contributed by atoms with Crippen molar-refractivity contribution >= 4 is 62.9 Å². The lowest BCUT2D eigenvalue weighted by Crippen LogP contribution is -2.30. The van der Waals surface area contributed by atoms with Gasteiger partial charge in [-0.1, -0.05) is 11.6 Å². The first-order valence-electron chi connectivity index (χ1n) is 10.5. The molecule has 1 heterocycles. The maximum Gasteiger partial charge on any atom is 0.233 e. The van der Waals surface area contributed by atoms with Gasteiger partial charge in [0.05, 0.1) is 58.3 Å². The molecule has 38 heavy (non-hydrogen) atoms. The molecule has 0 saturated heterocycles. The number of nitrogens with one attached hydrogen (secondary N) is 2. The lowest BCUT2D eigenvalue weighted by Gasteiger charge is -2.23. The second kappa shape index (κ2) is 13.1. The third-order valence-corrected chi connectivity index (χ3v) is 6.41. The van der Waals surface area contributed by atoms with Crippen LogP contribution in [-0.4, -0.2) is 59.6 Å². The molecular formula is C23H26Cl2N6O6S. The molecule has 0 aliphatic rings. The number of nitrogens with zero attached hydrogens (tertiary/aromatic N) is 4. The topological polar surface area (TPSA) is 148 Å². The van der Waals surface area contributed by atoms with Gasteiger partial charge in [0, 0.05) is 23.9 Å². The van der Waals surface area contributed by atoms with E-state index in [4.69, 9.17) is 30.5 Å². The number of rotatable bonds is 11. The Kier molecular flexibility index (Phi) is 10.5. The molecule has 12 nitrogen and oxygen atoms in total. The van der Waals surface area contributed by atoms with E-state index in [0.717, 1.165) is 10.6 Å². The summed E-state index contributed by atoms with van der Waals surface area (Å²) in [6.07, 6.45) is 2.38. The SMILES string of the molecule is COc1ccc(Nc2nc(Nc3cc(OC)c(OC)c(OC)c3)ncc2Cl)c(N(CC#N)S(C)(=O)=O)c1.Cl. The lowest BCUT2D eigenvalue weighted by atomic mass is 10.2. The Morgan fingerprint density at radius 3 is 2.21 bits per heavy atom. The second-order valence-corrected chi connectivity index (χ2v) is 9.68. The number of aromatic nitrogens is 2. The van der Waals surface area contributed by atoms with Gasteiger partial charge in [-0.15, -0.1) is 12.4 Å². The normalized spacial score (nSPS) is 10.4. The molecule has 204 valence electrons. The number of sulfonamides is 1. The Morgan fingerprint density at radius 2 is 1.68 bits per heavy atom. The van der Waals surface area contributed by atoms with E-state index >= 15 is 0 Å². The summed E-state index contributed by atoms with van der Waals surface area (Å²) in [6.45, 7) is -0.411. The number of ether oxygens (including phenoxy) is 4. The molecule has 0 radical (unpaired) electrons. The van der Waals surface area contributed by atoms with Crippen molar-refractivity contribution in [1.29, 1.82) is 5.26 Å². The van der Waals surface area contributed by atoms with Gasteiger partial charge in [-0.3, -0.25) is 4.31 Å². The number of benzene rings is 2. The predicted octanol–water partition coefficient (Wildman–Crippen LogP) is 4.36. The molecule has 0 unspecified atom stereocenters. The van der Waals surface area contributed by atoms with E-state index in [1.54, 1.807) is 24.3 Å². The first-order valence-corrected chi connectivity index (χ1v) is 12.8. The summed E-state index contributed by atoms with van der Waals surface area (Å²) >= 11 is 6.34. The van der Waals surface area contributed by atoms with Gasteiger partial charge in [-0.2, -0.15) is 10.2 Å². The van der Waals surface area contributed by atoms with Crippen molar-refractivity contribution in [2.24, 2.45) is 0 Å². The molecule has 0 amide bonds. The molecule has 0 saturated carbocycles. The minimum atomic E-state index is -3.79. The molecule has 0 atom stereocenters. The van der Waals surface area contributed by atoms with Gasteiger partial charge < -0.3 is 29.6 Å². The zero-order valence-electron chi connectivity index (χ0n) is 21.1. The van der Waals surface area contributed by atoms with E-state index in [2.05, 4.69) is 20.6 Å². The highest BCUT2D eigenvalue weighted by molar-refractivity contribution is 7.92. The predicted molar refractivity (Wildman–Crippen MR) is 148 cm³/mol. The highest BCUT2D eigenvalue weighted by Crippen LogP contribution is 2.41. The van der Waals surface area contributed by atoms with Crippen LogP contribution in [0.4, 0.5) is 28.8 Å². The summed E-state index contributed by atoms with van der Waals surface area (Å²) in [7, 11) is 2.16. The molecule has 0 aliphatic carbocycles. The van der Waals surface area contributed by atoms with Crippen molar-refractivity contribution in [2.45, 2.75) is 0 Å². The molecule has 15 heteroatoms. The van der Waals surface area contributed by atoms with Gasteiger partial charge in [-0.25, -0.2) is 13.4 Å². The van der Waals surface area contributed by atoms with Crippen molar-refractivity contribution < 1.29 is 27.4 Å². The van der Waals surface area contributed by atoms with Crippen LogP contribution in [0, 0.1) is 11.3 Å². The fraction of sp³-hybridized carbons (Fsp3) is 0.261. The van der Waals surface area contributed by atoms with Crippen molar-refractivity contribution in [3.8, 4) is 29.1 Å². The minimum absolute atomic E-state index is 0. The summed E-state index contributed by atoms with van der Waals surface area (Å²) in [5.74, 6) is 2.04. The van der Waals surface area contributed by atoms with Crippen LogP contribution >= 0.6 is 24.0 Å². The smallest absolute Gasteiger partial charge is 0.233 e. The molecule has 2 N–H and O–H groups in total. The van der Waals surface area contributed by atoms with Crippen LogP contribution in [0.15, 0.2) is 36.5 Å². The zero-order valence-corrected chi connectivity index (χ0v) is 23.5. The molecule has 0 fully saturated rings. The number of nitriles is 1. The molecule has 3 aromatic rings. The summed E-state index contributed by atoms with van der Waals surface area (Å²) in [4.78, 5) is 8.63. The molecule has 0 bridgehead atoms. The second-order valence-electron chi connectivity index (χ2n) is 7.36. The molecule has 3 rings (SSSR count). The van der Waals surface area contributed by atoms with E-state index in [0.29, 0.717) is 34.4 Å². The van der Waals surface area contributed by atoms with Crippen molar-refractivity contribution in [2.75, 3.05) is 56.2 Å². The van der Waals surface area contributed by atoms with E-state index in [9.17, 15) is 13.7 Å². The van der Waals surface area contributed by atoms with Crippen molar-refractivity contribution in [1.82, 2.24) is 9.97 Å². The zero-order chi connectivity index (χ0) is 27.2. The van der Waals surface area contributed by atoms with Gasteiger partial charge >= 0.3 is 0 Å². The van der Waals surface area contributed by atoms with Crippen LogP contribution in [0.25, 0.3) is 0 Å². The molecule has 0 aliphatic heterocycles. The standard InChI is InChI=1S/C23H25ClN6O6S.ClH/c1-33-15-6-7-17(18(12-15)30(9-8-25)37(5,31)32)28-22-16(24)13-26-23(29-22)27-14-10-19(34-2)21(36-4)20(11-14)35-3;/h6-7,10-13H,9H2,1-5H3,(H2,26,27,28,29);1H. The maximum atomic E-state index is 12.4. The highest BCUT2D eigenvalue weighted by Gasteiger charge is 2.22. The number of halogens is 2. The van der Waals surface area contributed by atoms with Gasteiger partial charge in [0.2, 0.25) is 21.7 Å². The van der Waals surface area contributed by atoms with Crippen LogP contribution in [0.2, 0.25) is 5.02 Å². The quantitative estimate of drug-likeness (QED) is 0.309. The Bertz CT molecular complexity index is 1410. The summed E-state index contributed by atoms with van der Waals surface area (Å²) < 4.78 is 47.1. The van der Waals surface area contributed by atoms with Gasteiger partial charge in [-0.05, 0) is 12.1 Å². The fourth-order valence-corrected chi connectivity index (χ4v) is 4.26. The molecule has 2 aromatic carbocycles. The van der Waals surface area contributed by atoms with Crippen LogP contribution in [0.1, 0.15) is 0 Å². The maximum absolute atomic E-state index is 12.4. The average molecular weight is 585 g/mol. The lowest BCUT2D eigenvalue weighted by molar-refractivity contribution is 0.324. The van der Waals surface area contributed by atoms with E-state index < -0.39 is 16.6 Å². The van der Waals surface area contributed by atoms with Crippen LogP contribution < -0.4 is 33.9 Å². The Morgan fingerprint density at radius 1 is 1.03 bits per heavy atom. The van der Waals surface area contributed by atoms with Gasteiger partial charge in [0.25, 0.3) is 0 Å². The van der Waals surface area contributed by atoms with Crippen LogP contribution in [0.3, 0.4) is 0 Å². The van der Waals surface area contributed by atoms with Crippen LogP contribution in [0.5, 0.6) is 23.0 Å². The minimum Gasteiger partial charge on any atom is -0.497 e. The monoisotopic (exact) mass is 584 g/mol. The number of anilines is 5. The molecule has 1 aromatic heterocycles. The van der Waals surface area contributed by atoms with Gasteiger partial charge in [0.1, 0.15) is 17.3 Å². The summed E-state index contributed by atoms with van der Waals surface area (Å²) in [5, 5.41) is 15.5. The average Bonchev–Trinajstić information content (AvgIpc) is 2.88. The first-order chi connectivity index (χ1) is 17.6. The van der Waals surface area contributed by atoms with Crippen LogP contribution in [-0.2, 0) is 10.0 Å². The van der Waals surface area contributed by atoms with E-state index in [1.807, 2.05) is 6.07 Å². The third-order valence-electron chi connectivity index (χ3n) is 5.01. The molecular weight excluding hydrogens is 559 g/mol. The first kappa shape index (κ1) is 30.4. The summed E-state index contributed by atoms with van der Waals surface area (Å²) in [6, 6.07) is 9.93. The molecule has 0 spiro atoms. The Balaban J connectivity index is 0.00000507. The third kappa shape index (κ3) is 6.91. The fourth-order valence-electron chi connectivity index (χ4n) is 3.32. The van der Waals surface area contributed by atoms with Gasteiger partial charge in [0.15, 0.2) is 17.3 Å². The van der Waals surface area contributed by atoms with Crippen molar-refractivity contribution in [3.63, 3.8) is 0 Å². The number of methoxy groups -OCH3 is 4. The van der Waals surface area contributed by atoms with E-state index in [-0.39, 0.29) is 34.9 Å².